The number of para-hydroxylation sites is 2. The average molecular weight is 853 g/mol. The number of benzene rings is 8. The summed E-state index contributed by atoms with van der Waals surface area (Å²) in [5.74, 6) is 2.48. The molecule has 0 saturated heterocycles. The first-order valence-electron chi connectivity index (χ1n) is 21.3. The van der Waals surface area contributed by atoms with Crippen LogP contribution in [0.3, 0.4) is 0 Å². The van der Waals surface area contributed by atoms with E-state index in [4.69, 9.17) is 19.9 Å². The molecule has 0 saturated carbocycles. The number of thiophene rings is 2. The van der Waals surface area contributed by atoms with Gasteiger partial charge in [-0.25, -0.2) is 19.9 Å². The molecule has 0 radical (unpaired) electrons. The lowest BCUT2D eigenvalue weighted by Crippen LogP contribution is -2.07. The third kappa shape index (κ3) is 5.18. The van der Waals surface area contributed by atoms with Crippen LogP contribution in [0.2, 0.25) is 0 Å². The van der Waals surface area contributed by atoms with Crippen molar-refractivity contribution >= 4 is 107 Å². The number of nitrogens with zero attached hydrogens (tertiary/aromatic N) is 6. The van der Waals surface area contributed by atoms with Crippen LogP contribution in [0.1, 0.15) is 0 Å². The predicted molar refractivity (Wildman–Crippen MR) is 268 cm³/mol. The van der Waals surface area contributed by atoms with Gasteiger partial charge in [-0.15, -0.1) is 22.7 Å². The second-order valence-corrected chi connectivity index (χ2v) is 18.3. The number of aromatic nitrogens is 6. The van der Waals surface area contributed by atoms with Crippen LogP contribution in [-0.2, 0) is 0 Å². The summed E-state index contributed by atoms with van der Waals surface area (Å²) < 4.78 is 9.78. The third-order valence-electron chi connectivity index (χ3n) is 12.6. The van der Waals surface area contributed by atoms with Crippen molar-refractivity contribution in [1.82, 2.24) is 29.1 Å². The maximum absolute atomic E-state index is 5.54. The highest BCUT2D eigenvalue weighted by molar-refractivity contribution is 7.27. The minimum Gasteiger partial charge on any atom is -0.308 e. The summed E-state index contributed by atoms with van der Waals surface area (Å²) in [6.07, 6.45) is 2.02. The van der Waals surface area contributed by atoms with E-state index >= 15 is 0 Å². The van der Waals surface area contributed by atoms with Crippen molar-refractivity contribution in [1.29, 1.82) is 0 Å². The highest BCUT2D eigenvalue weighted by Gasteiger charge is 2.25. The van der Waals surface area contributed by atoms with E-state index < -0.39 is 0 Å². The first-order chi connectivity index (χ1) is 31.7. The van der Waals surface area contributed by atoms with E-state index in [1.54, 1.807) is 0 Å². The molecule has 0 unspecified atom stereocenters. The topological polar surface area (TPSA) is 61.4 Å². The van der Waals surface area contributed by atoms with Crippen molar-refractivity contribution in [3.05, 3.63) is 194 Å². The fraction of sp³-hybridized carbons (Fsp3) is 0. The molecule has 8 aromatic carbocycles. The van der Waals surface area contributed by atoms with Crippen molar-refractivity contribution in [2.45, 2.75) is 0 Å². The molecule has 298 valence electrons. The molecule has 0 atom stereocenters. The molecule has 0 N–H and O–H groups in total. The normalized spacial score (nSPS) is 12.1. The molecule has 8 heteroatoms. The van der Waals surface area contributed by atoms with Gasteiger partial charge in [-0.3, -0.25) is 4.57 Å². The fourth-order valence-corrected chi connectivity index (χ4v) is 12.3. The van der Waals surface area contributed by atoms with Crippen molar-refractivity contribution < 1.29 is 0 Å². The Bertz CT molecular complexity index is 4140. The highest BCUT2D eigenvalue weighted by atomic mass is 32.1. The summed E-state index contributed by atoms with van der Waals surface area (Å²) in [5.41, 5.74) is 7.90. The molecule has 0 spiro atoms. The van der Waals surface area contributed by atoms with Gasteiger partial charge in [0.1, 0.15) is 5.82 Å². The maximum atomic E-state index is 5.54. The van der Waals surface area contributed by atoms with Gasteiger partial charge < -0.3 is 4.57 Å². The first kappa shape index (κ1) is 35.5. The van der Waals surface area contributed by atoms with Crippen molar-refractivity contribution in [3.63, 3.8) is 0 Å². The molecule has 6 heterocycles. The second kappa shape index (κ2) is 13.7. The number of fused-ring (bicyclic) bond motifs is 14. The summed E-state index contributed by atoms with van der Waals surface area (Å²) in [6, 6.07) is 66.5. The molecule has 0 aliphatic heterocycles. The molecule has 0 aliphatic carbocycles. The molecule has 0 aliphatic rings. The molecule has 14 rings (SSSR count). The largest absolute Gasteiger partial charge is 0.308 e. The van der Waals surface area contributed by atoms with E-state index in [0.29, 0.717) is 17.5 Å². The van der Waals surface area contributed by atoms with Crippen LogP contribution in [0.15, 0.2) is 194 Å². The zero-order chi connectivity index (χ0) is 41.9. The average Bonchev–Trinajstić information content (AvgIpc) is 4.12. The molecule has 14 aromatic rings. The zero-order valence-corrected chi connectivity index (χ0v) is 35.6. The number of rotatable bonds is 5. The van der Waals surface area contributed by atoms with Gasteiger partial charge in [0.05, 0.1) is 39.5 Å². The zero-order valence-electron chi connectivity index (χ0n) is 34.0. The molecule has 0 amide bonds. The van der Waals surface area contributed by atoms with E-state index in [1.165, 1.54) is 61.9 Å². The second-order valence-electron chi connectivity index (χ2n) is 16.2. The SMILES string of the molecule is c1ccc(-c2nc(-c3ccccc3)nc(-c3cc(-n4c5ccccc5c5c6sc7ccccc7c6ccc54)cnc3-n3c4ccccc4c4c5sc6ccccc6c5ccc43)n2)cc1. The highest BCUT2D eigenvalue weighted by Crippen LogP contribution is 2.46. The van der Waals surface area contributed by atoms with Crippen molar-refractivity contribution in [2.24, 2.45) is 0 Å². The Hall–Kier alpha value is -8.04. The van der Waals surface area contributed by atoms with Crippen LogP contribution in [-0.4, -0.2) is 29.1 Å². The Balaban J connectivity index is 1.10. The van der Waals surface area contributed by atoms with Crippen LogP contribution >= 0.6 is 22.7 Å². The predicted octanol–water partition coefficient (Wildman–Crippen LogP) is 15.2. The van der Waals surface area contributed by atoms with E-state index in [2.05, 4.69) is 161 Å². The van der Waals surface area contributed by atoms with Gasteiger partial charge in [-0.1, -0.05) is 146 Å². The lowest BCUT2D eigenvalue weighted by molar-refractivity contribution is 1.03. The van der Waals surface area contributed by atoms with Crippen LogP contribution in [0.5, 0.6) is 0 Å². The quantitative estimate of drug-likeness (QED) is 0.173. The lowest BCUT2D eigenvalue weighted by Gasteiger charge is -2.16. The summed E-state index contributed by atoms with van der Waals surface area (Å²) >= 11 is 3.71. The van der Waals surface area contributed by atoms with Crippen LogP contribution < -0.4 is 0 Å². The molecule has 6 aromatic heterocycles. The van der Waals surface area contributed by atoms with Gasteiger partial charge in [0.15, 0.2) is 17.5 Å². The van der Waals surface area contributed by atoms with Crippen LogP contribution in [0, 0.1) is 0 Å². The van der Waals surface area contributed by atoms with Crippen molar-refractivity contribution in [3.8, 4) is 45.7 Å². The van der Waals surface area contributed by atoms with E-state index in [0.717, 1.165) is 50.3 Å². The monoisotopic (exact) mass is 852 g/mol. The molecule has 64 heavy (non-hydrogen) atoms. The van der Waals surface area contributed by atoms with E-state index in [9.17, 15) is 0 Å². The van der Waals surface area contributed by atoms with E-state index in [-0.39, 0.29) is 0 Å². The third-order valence-corrected chi connectivity index (χ3v) is 15.0. The number of hydrogen-bond acceptors (Lipinski definition) is 6. The minimum absolute atomic E-state index is 0.540. The number of hydrogen-bond donors (Lipinski definition) is 0. The Kier molecular flexibility index (Phi) is 7.63. The Morgan fingerprint density at radius 2 is 0.812 bits per heavy atom. The van der Waals surface area contributed by atoms with Gasteiger partial charge in [0.25, 0.3) is 0 Å². The summed E-state index contributed by atoms with van der Waals surface area (Å²) in [6.45, 7) is 0. The molecule has 6 nitrogen and oxygen atoms in total. The standard InChI is InChI=1S/C56H32N6S2/c1-3-15-33(16-4-1)53-58-54(34-17-5-2-6-18-34)60-55(59-53)42-31-35(61-43-23-11-7-21-40(43)49-45(61)29-27-38-36-19-9-13-25-47(36)63-51(38)49)32-57-56(42)62-44-24-12-8-22-41(44)50-46(62)30-28-39-37-20-10-14-26-48(37)64-52(39)50/h1-32H. The molecular weight excluding hydrogens is 821 g/mol. The molecular formula is C56H32N6S2. The van der Waals surface area contributed by atoms with Gasteiger partial charge in [0, 0.05) is 73.0 Å². The smallest absolute Gasteiger partial charge is 0.167 e. The summed E-state index contributed by atoms with van der Waals surface area (Å²) in [4.78, 5) is 21.3. The minimum atomic E-state index is 0.540. The van der Waals surface area contributed by atoms with Gasteiger partial charge in [0.2, 0.25) is 0 Å². The molecule has 0 fully saturated rings. The summed E-state index contributed by atoms with van der Waals surface area (Å²) in [7, 11) is 0. The lowest BCUT2D eigenvalue weighted by atomic mass is 10.1. The van der Waals surface area contributed by atoms with Crippen molar-refractivity contribution in [2.75, 3.05) is 0 Å². The Morgan fingerprint density at radius 3 is 1.38 bits per heavy atom. The fourth-order valence-electron chi connectivity index (χ4n) is 9.82. The van der Waals surface area contributed by atoms with Gasteiger partial charge in [-0.2, -0.15) is 0 Å². The van der Waals surface area contributed by atoms with Crippen LogP contribution in [0.25, 0.3) is 130 Å². The van der Waals surface area contributed by atoms with Gasteiger partial charge >= 0.3 is 0 Å². The van der Waals surface area contributed by atoms with Gasteiger partial charge in [-0.05, 0) is 42.5 Å². The number of pyridine rings is 1. The van der Waals surface area contributed by atoms with E-state index in [1.807, 2.05) is 65.3 Å². The Morgan fingerprint density at radius 1 is 0.359 bits per heavy atom. The maximum Gasteiger partial charge on any atom is 0.167 e. The first-order valence-corrected chi connectivity index (χ1v) is 22.9. The Labute approximate surface area is 373 Å². The summed E-state index contributed by atoms with van der Waals surface area (Å²) in [5, 5.41) is 9.92. The van der Waals surface area contributed by atoms with Crippen LogP contribution in [0.4, 0.5) is 0 Å². The molecule has 0 bridgehead atoms.